The number of carbonyl (C=O) groups excluding carboxylic acids is 1. The zero-order valence-corrected chi connectivity index (χ0v) is 9.71. The molecule has 2 rings (SSSR count). The van der Waals surface area contributed by atoms with E-state index in [0.29, 0.717) is 6.61 Å². The molecule has 0 spiro atoms. The molecule has 1 radical (unpaired) electrons. The van der Waals surface area contributed by atoms with Crippen molar-refractivity contribution in [1.29, 1.82) is 0 Å². The highest BCUT2D eigenvalue weighted by Crippen LogP contribution is 2.28. The topological polar surface area (TPSA) is 26.3 Å². The predicted molar refractivity (Wildman–Crippen MR) is 65.7 cm³/mol. The average Bonchev–Trinajstić information content (AvgIpc) is 2.30. The lowest BCUT2D eigenvalue weighted by molar-refractivity contribution is 0.181. The van der Waals surface area contributed by atoms with E-state index in [1.807, 2.05) is 36.4 Å². The molecular formula is C13H11O2S. The van der Waals surface area contributed by atoms with Crippen molar-refractivity contribution in [1.82, 2.24) is 0 Å². The van der Waals surface area contributed by atoms with E-state index in [1.54, 1.807) is 6.92 Å². The number of hydrogen-bond acceptors (Lipinski definition) is 3. The molecule has 2 aromatic carbocycles. The molecule has 2 aromatic rings. The van der Waals surface area contributed by atoms with Gasteiger partial charge in [0, 0.05) is 10.3 Å². The molecule has 0 bridgehead atoms. The lowest BCUT2D eigenvalue weighted by atomic mass is 10.1. The highest BCUT2D eigenvalue weighted by atomic mass is 32.2. The summed E-state index contributed by atoms with van der Waals surface area (Å²) >= 11 is 1.11. The van der Waals surface area contributed by atoms with Gasteiger partial charge in [0.25, 0.3) is 0 Å². The Hall–Kier alpha value is -1.48. The highest BCUT2D eigenvalue weighted by molar-refractivity contribution is 8.13. The summed E-state index contributed by atoms with van der Waals surface area (Å²) in [5.41, 5.74) is 0. The first kappa shape index (κ1) is 11.0. The molecular weight excluding hydrogens is 220 g/mol. The highest BCUT2D eigenvalue weighted by Gasteiger charge is 2.07. The molecule has 16 heavy (non-hydrogen) atoms. The SMILES string of the molecule is CCOC(=O)Sc1cccc2ccc[c]c12. The maximum atomic E-state index is 11.4. The Bertz CT molecular complexity index is 503. The summed E-state index contributed by atoms with van der Waals surface area (Å²) in [6, 6.07) is 14.7. The molecule has 0 aromatic heterocycles. The first-order valence-electron chi connectivity index (χ1n) is 5.05. The van der Waals surface area contributed by atoms with E-state index < -0.39 is 0 Å². The van der Waals surface area contributed by atoms with Crippen molar-refractivity contribution in [2.75, 3.05) is 6.61 Å². The first-order valence-corrected chi connectivity index (χ1v) is 5.87. The number of benzene rings is 2. The van der Waals surface area contributed by atoms with Gasteiger partial charge in [-0.15, -0.1) is 0 Å². The summed E-state index contributed by atoms with van der Waals surface area (Å²) < 4.78 is 4.90. The molecule has 0 unspecified atom stereocenters. The number of thioether (sulfide) groups is 1. The van der Waals surface area contributed by atoms with Gasteiger partial charge in [0.2, 0.25) is 0 Å². The van der Waals surface area contributed by atoms with Crippen LogP contribution < -0.4 is 0 Å². The molecule has 81 valence electrons. The van der Waals surface area contributed by atoms with Gasteiger partial charge in [-0.25, -0.2) is 4.79 Å². The van der Waals surface area contributed by atoms with Crippen LogP contribution in [-0.4, -0.2) is 11.9 Å². The van der Waals surface area contributed by atoms with Gasteiger partial charge >= 0.3 is 5.30 Å². The molecule has 0 saturated carbocycles. The lowest BCUT2D eigenvalue weighted by Gasteiger charge is -2.04. The summed E-state index contributed by atoms with van der Waals surface area (Å²) in [5.74, 6) is 0. The summed E-state index contributed by atoms with van der Waals surface area (Å²) in [6.07, 6.45) is 0. The van der Waals surface area contributed by atoms with Gasteiger partial charge in [0.05, 0.1) is 6.61 Å². The van der Waals surface area contributed by atoms with Crippen LogP contribution >= 0.6 is 11.8 Å². The van der Waals surface area contributed by atoms with E-state index in [1.165, 1.54) is 0 Å². The number of fused-ring (bicyclic) bond motifs is 1. The molecule has 2 nitrogen and oxygen atoms in total. The van der Waals surface area contributed by atoms with Crippen molar-refractivity contribution in [3.05, 3.63) is 42.5 Å². The van der Waals surface area contributed by atoms with Crippen molar-refractivity contribution in [3.8, 4) is 0 Å². The Balaban J connectivity index is 2.33. The maximum Gasteiger partial charge on any atom is 0.372 e. The Morgan fingerprint density at radius 3 is 3.00 bits per heavy atom. The van der Waals surface area contributed by atoms with Crippen molar-refractivity contribution >= 4 is 27.8 Å². The Kier molecular flexibility index (Phi) is 3.47. The Morgan fingerprint density at radius 1 is 1.38 bits per heavy atom. The summed E-state index contributed by atoms with van der Waals surface area (Å²) in [4.78, 5) is 12.3. The summed E-state index contributed by atoms with van der Waals surface area (Å²) in [5, 5.41) is 1.77. The van der Waals surface area contributed by atoms with Gasteiger partial charge in [0.15, 0.2) is 0 Å². The number of hydrogen-bond donors (Lipinski definition) is 0. The quantitative estimate of drug-likeness (QED) is 0.579. The Labute approximate surface area is 98.6 Å². The monoisotopic (exact) mass is 231 g/mol. The molecule has 0 saturated heterocycles. The van der Waals surface area contributed by atoms with Gasteiger partial charge in [-0.3, -0.25) is 0 Å². The fraction of sp³-hybridized carbons (Fsp3) is 0.154. The van der Waals surface area contributed by atoms with E-state index in [9.17, 15) is 4.79 Å². The van der Waals surface area contributed by atoms with Crippen LogP contribution in [0.15, 0.2) is 41.3 Å². The van der Waals surface area contributed by atoms with Crippen LogP contribution in [-0.2, 0) is 4.74 Å². The second-order valence-electron chi connectivity index (χ2n) is 3.18. The molecule has 0 N–H and O–H groups in total. The van der Waals surface area contributed by atoms with E-state index in [-0.39, 0.29) is 5.30 Å². The van der Waals surface area contributed by atoms with Crippen LogP contribution in [0.1, 0.15) is 6.92 Å². The third kappa shape index (κ3) is 2.36. The minimum absolute atomic E-state index is 0.271. The second kappa shape index (κ2) is 5.03. The standard InChI is InChI=1S/C13H11O2S/c1-2-15-13(14)16-12-9-5-7-10-6-3-4-8-11(10)12/h3-7,9H,2H2,1H3. The average molecular weight is 231 g/mol. The predicted octanol–water partition coefficient (Wildman–Crippen LogP) is 3.89. The molecule has 0 aliphatic heterocycles. The van der Waals surface area contributed by atoms with E-state index in [2.05, 4.69) is 6.07 Å². The number of rotatable bonds is 2. The van der Waals surface area contributed by atoms with Crippen molar-refractivity contribution in [2.45, 2.75) is 11.8 Å². The molecule has 0 amide bonds. The normalized spacial score (nSPS) is 10.3. The van der Waals surface area contributed by atoms with Crippen molar-refractivity contribution < 1.29 is 9.53 Å². The lowest BCUT2D eigenvalue weighted by Crippen LogP contribution is -1.95. The molecule has 0 fully saturated rings. The van der Waals surface area contributed by atoms with Gasteiger partial charge in [-0.2, -0.15) is 0 Å². The largest absolute Gasteiger partial charge is 0.458 e. The first-order chi connectivity index (χ1) is 7.81. The fourth-order valence-corrected chi connectivity index (χ4v) is 2.23. The maximum absolute atomic E-state index is 11.4. The summed E-state index contributed by atoms with van der Waals surface area (Å²) in [7, 11) is 0. The third-order valence-corrected chi connectivity index (χ3v) is 2.96. The van der Waals surface area contributed by atoms with Crippen molar-refractivity contribution in [3.63, 3.8) is 0 Å². The van der Waals surface area contributed by atoms with Gasteiger partial charge in [-0.1, -0.05) is 30.3 Å². The van der Waals surface area contributed by atoms with Crippen LogP contribution in [0.25, 0.3) is 10.8 Å². The van der Waals surface area contributed by atoms with Crippen LogP contribution in [0.3, 0.4) is 0 Å². The van der Waals surface area contributed by atoms with E-state index in [4.69, 9.17) is 4.74 Å². The molecule has 3 heteroatoms. The van der Waals surface area contributed by atoms with Crippen LogP contribution in [0.5, 0.6) is 0 Å². The molecule has 0 heterocycles. The molecule has 0 aliphatic rings. The fourth-order valence-electron chi connectivity index (χ4n) is 1.45. The molecule has 0 aliphatic carbocycles. The minimum Gasteiger partial charge on any atom is -0.458 e. The smallest absolute Gasteiger partial charge is 0.372 e. The van der Waals surface area contributed by atoms with Crippen LogP contribution in [0.2, 0.25) is 0 Å². The second-order valence-corrected chi connectivity index (χ2v) is 4.15. The van der Waals surface area contributed by atoms with E-state index >= 15 is 0 Å². The number of ether oxygens (including phenoxy) is 1. The van der Waals surface area contributed by atoms with Crippen LogP contribution in [0, 0.1) is 6.07 Å². The van der Waals surface area contributed by atoms with Crippen LogP contribution in [0.4, 0.5) is 4.79 Å². The number of carbonyl (C=O) groups is 1. The van der Waals surface area contributed by atoms with Gasteiger partial charge in [0.1, 0.15) is 0 Å². The zero-order valence-electron chi connectivity index (χ0n) is 8.90. The van der Waals surface area contributed by atoms with Gasteiger partial charge < -0.3 is 4.74 Å². The molecule has 0 atom stereocenters. The Morgan fingerprint density at radius 2 is 2.19 bits per heavy atom. The summed E-state index contributed by atoms with van der Waals surface area (Å²) in [6.45, 7) is 2.20. The zero-order chi connectivity index (χ0) is 11.4. The third-order valence-electron chi connectivity index (χ3n) is 2.11. The van der Waals surface area contributed by atoms with E-state index in [0.717, 1.165) is 27.4 Å². The van der Waals surface area contributed by atoms with Gasteiger partial charge in [-0.05, 0) is 36.2 Å². The van der Waals surface area contributed by atoms with Crippen molar-refractivity contribution in [2.24, 2.45) is 0 Å². The minimum atomic E-state index is -0.271.